The molecule has 120 valence electrons. The molecule has 6 heteroatoms. The largest absolute Gasteiger partial charge is 0.354 e. The van der Waals surface area contributed by atoms with Crippen molar-refractivity contribution in [3.8, 4) is 0 Å². The Morgan fingerprint density at radius 1 is 1.30 bits per heavy atom. The van der Waals surface area contributed by atoms with Crippen molar-refractivity contribution in [3.63, 3.8) is 0 Å². The standard InChI is InChI=1S/C17H20N4O2/c1-11(2)19-15(22)8-5-9-21-14-7-4-3-6-12(14)13-10-18-20-17(23)16(13)21/h3-4,6-7,10-11H,5,8-9H2,1-2H3,(H,19,22)(H,20,23). The van der Waals surface area contributed by atoms with Crippen LogP contribution in [0.5, 0.6) is 0 Å². The van der Waals surface area contributed by atoms with Crippen LogP contribution in [-0.4, -0.2) is 26.7 Å². The second kappa shape index (κ2) is 6.24. The van der Waals surface area contributed by atoms with Gasteiger partial charge in [-0.1, -0.05) is 18.2 Å². The Labute approximate surface area is 133 Å². The highest BCUT2D eigenvalue weighted by Gasteiger charge is 2.13. The van der Waals surface area contributed by atoms with Crippen molar-refractivity contribution in [3.05, 3.63) is 40.8 Å². The van der Waals surface area contributed by atoms with E-state index < -0.39 is 0 Å². The molecular formula is C17H20N4O2. The molecule has 0 saturated heterocycles. The average molecular weight is 312 g/mol. The number of H-pyrrole nitrogens is 1. The first-order chi connectivity index (χ1) is 11.1. The molecule has 2 aromatic heterocycles. The van der Waals surface area contributed by atoms with E-state index in [0.717, 1.165) is 16.3 Å². The van der Waals surface area contributed by atoms with Crippen LogP contribution in [0.1, 0.15) is 26.7 Å². The second-order valence-electron chi connectivity index (χ2n) is 5.96. The minimum atomic E-state index is -0.203. The van der Waals surface area contributed by atoms with Gasteiger partial charge in [-0.25, -0.2) is 5.10 Å². The summed E-state index contributed by atoms with van der Waals surface area (Å²) in [6, 6.07) is 8.02. The van der Waals surface area contributed by atoms with Crippen LogP contribution in [0.15, 0.2) is 35.3 Å². The average Bonchev–Trinajstić information content (AvgIpc) is 2.83. The van der Waals surface area contributed by atoms with Crippen LogP contribution in [0, 0.1) is 0 Å². The van der Waals surface area contributed by atoms with E-state index in [2.05, 4.69) is 15.5 Å². The zero-order valence-corrected chi connectivity index (χ0v) is 13.3. The number of rotatable bonds is 5. The third kappa shape index (κ3) is 2.97. The minimum Gasteiger partial charge on any atom is -0.354 e. The van der Waals surface area contributed by atoms with Crippen molar-refractivity contribution in [1.82, 2.24) is 20.1 Å². The van der Waals surface area contributed by atoms with Crippen molar-refractivity contribution in [2.75, 3.05) is 0 Å². The number of fused-ring (bicyclic) bond motifs is 3. The van der Waals surface area contributed by atoms with Gasteiger partial charge in [0, 0.05) is 35.3 Å². The molecule has 0 atom stereocenters. The smallest absolute Gasteiger partial charge is 0.288 e. The molecule has 23 heavy (non-hydrogen) atoms. The summed E-state index contributed by atoms with van der Waals surface area (Å²) in [7, 11) is 0. The van der Waals surface area contributed by atoms with Crippen LogP contribution in [0.2, 0.25) is 0 Å². The van der Waals surface area contributed by atoms with Gasteiger partial charge in [-0.05, 0) is 26.3 Å². The predicted molar refractivity (Wildman–Crippen MR) is 90.4 cm³/mol. The molecule has 2 N–H and O–H groups in total. The Balaban J connectivity index is 1.93. The van der Waals surface area contributed by atoms with Crippen molar-refractivity contribution in [1.29, 1.82) is 0 Å². The van der Waals surface area contributed by atoms with Crippen LogP contribution < -0.4 is 10.9 Å². The Bertz CT molecular complexity index is 908. The summed E-state index contributed by atoms with van der Waals surface area (Å²) in [5.41, 5.74) is 1.40. The normalized spacial score (nSPS) is 11.4. The highest BCUT2D eigenvalue weighted by atomic mass is 16.1. The first-order valence-corrected chi connectivity index (χ1v) is 7.82. The zero-order valence-electron chi connectivity index (χ0n) is 13.3. The highest BCUT2D eigenvalue weighted by molar-refractivity contribution is 6.07. The number of carbonyl (C=O) groups is 1. The first-order valence-electron chi connectivity index (χ1n) is 7.82. The van der Waals surface area contributed by atoms with Gasteiger partial charge in [-0.3, -0.25) is 9.59 Å². The van der Waals surface area contributed by atoms with E-state index in [-0.39, 0.29) is 17.5 Å². The lowest BCUT2D eigenvalue weighted by molar-refractivity contribution is -0.121. The van der Waals surface area contributed by atoms with E-state index in [1.54, 1.807) is 6.20 Å². The molecule has 0 fully saturated rings. The molecule has 3 aromatic rings. The number of aromatic amines is 1. The van der Waals surface area contributed by atoms with E-state index in [9.17, 15) is 9.59 Å². The molecule has 0 aliphatic heterocycles. The molecule has 0 bridgehead atoms. The fourth-order valence-corrected chi connectivity index (χ4v) is 2.94. The fraction of sp³-hybridized carbons (Fsp3) is 0.353. The van der Waals surface area contributed by atoms with Crippen LogP contribution in [-0.2, 0) is 11.3 Å². The minimum absolute atomic E-state index is 0.0383. The molecule has 1 amide bonds. The van der Waals surface area contributed by atoms with Gasteiger partial charge in [0.15, 0.2) is 0 Å². The first kappa shape index (κ1) is 15.3. The summed E-state index contributed by atoms with van der Waals surface area (Å²) in [6.07, 6.45) is 2.80. The van der Waals surface area contributed by atoms with Gasteiger partial charge in [0.2, 0.25) is 5.91 Å². The maximum atomic E-state index is 12.2. The molecule has 0 radical (unpaired) electrons. The number of carbonyl (C=O) groups excluding carboxylic acids is 1. The molecule has 3 rings (SSSR count). The third-order valence-electron chi connectivity index (χ3n) is 3.82. The van der Waals surface area contributed by atoms with Gasteiger partial charge in [-0.2, -0.15) is 5.10 Å². The molecule has 1 aromatic carbocycles. The lowest BCUT2D eigenvalue weighted by Crippen LogP contribution is -2.30. The summed E-state index contributed by atoms with van der Waals surface area (Å²) in [6.45, 7) is 4.50. The number of benzene rings is 1. The number of hydrogen-bond acceptors (Lipinski definition) is 3. The zero-order chi connectivity index (χ0) is 16.4. The number of para-hydroxylation sites is 1. The Morgan fingerprint density at radius 3 is 2.87 bits per heavy atom. The van der Waals surface area contributed by atoms with E-state index in [4.69, 9.17) is 0 Å². The highest BCUT2D eigenvalue weighted by Crippen LogP contribution is 2.26. The van der Waals surface area contributed by atoms with Crippen LogP contribution in [0.25, 0.3) is 21.8 Å². The number of aryl methyl sites for hydroxylation is 1. The molecule has 0 aliphatic carbocycles. The number of nitrogens with zero attached hydrogens (tertiary/aromatic N) is 2. The topological polar surface area (TPSA) is 79.8 Å². The van der Waals surface area contributed by atoms with E-state index in [1.807, 2.05) is 42.7 Å². The second-order valence-corrected chi connectivity index (χ2v) is 5.96. The number of amides is 1. The molecular weight excluding hydrogens is 292 g/mol. The quantitative estimate of drug-likeness (QED) is 0.758. The molecule has 0 saturated carbocycles. The monoisotopic (exact) mass is 312 g/mol. The lowest BCUT2D eigenvalue weighted by atomic mass is 10.2. The van der Waals surface area contributed by atoms with Crippen LogP contribution >= 0.6 is 0 Å². The van der Waals surface area contributed by atoms with Crippen LogP contribution in [0.4, 0.5) is 0 Å². The van der Waals surface area contributed by atoms with Crippen LogP contribution in [0.3, 0.4) is 0 Å². The summed E-state index contributed by atoms with van der Waals surface area (Å²) < 4.78 is 1.98. The third-order valence-corrected chi connectivity index (χ3v) is 3.82. The summed E-state index contributed by atoms with van der Waals surface area (Å²) in [5.74, 6) is 0.0383. The summed E-state index contributed by atoms with van der Waals surface area (Å²) in [4.78, 5) is 24.0. The molecule has 6 nitrogen and oxygen atoms in total. The Morgan fingerprint density at radius 2 is 2.09 bits per heavy atom. The maximum Gasteiger partial charge on any atom is 0.288 e. The van der Waals surface area contributed by atoms with Gasteiger partial charge in [0.1, 0.15) is 5.52 Å². The molecule has 2 heterocycles. The van der Waals surface area contributed by atoms with Gasteiger partial charge in [0.05, 0.1) is 6.20 Å². The SMILES string of the molecule is CC(C)NC(=O)CCCn1c2ccccc2c2cn[nH]c(=O)c21. The molecule has 0 spiro atoms. The van der Waals surface area contributed by atoms with E-state index in [0.29, 0.717) is 24.9 Å². The Hall–Kier alpha value is -2.63. The van der Waals surface area contributed by atoms with Crippen molar-refractivity contribution in [2.24, 2.45) is 0 Å². The number of aromatic nitrogens is 3. The fourth-order valence-electron chi connectivity index (χ4n) is 2.94. The van der Waals surface area contributed by atoms with Gasteiger partial charge < -0.3 is 9.88 Å². The molecule has 0 unspecified atom stereocenters. The van der Waals surface area contributed by atoms with Gasteiger partial charge in [-0.15, -0.1) is 0 Å². The van der Waals surface area contributed by atoms with E-state index in [1.165, 1.54) is 0 Å². The van der Waals surface area contributed by atoms with Gasteiger partial charge >= 0.3 is 0 Å². The Kier molecular flexibility index (Phi) is 4.14. The number of hydrogen-bond donors (Lipinski definition) is 2. The maximum absolute atomic E-state index is 12.2. The molecule has 0 aliphatic rings. The lowest BCUT2D eigenvalue weighted by Gasteiger charge is -2.09. The van der Waals surface area contributed by atoms with Gasteiger partial charge in [0.25, 0.3) is 5.56 Å². The summed E-state index contributed by atoms with van der Waals surface area (Å²) >= 11 is 0. The summed E-state index contributed by atoms with van der Waals surface area (Å²) in [5, 5.41) is 11.1. The van der Waals surface area contributed by atoms with E-state index >= 15 is 0 Å². The predicted octanol–water partition coefficient (Wildman–Crippen LogP) is 2.18. The van der Waals surface area contributed by atoms with Crippen molar-refractivity contribution < 1.29 is 4.79 Å². The number of nitrogens with one attached hydrogen (secondary N) is 2. The van der Waals surface area contributed by atoms with Crippen molar-refractivity contribution >= 4 is 27.7 Å². The van der Waals surface area contributed by atoms with Crippen molar-refractivity contribution in [2.45, 2.75) is 39.3 Å².